The highest BCUT2D eigenvalue weighted by Crippen LogP contribution is 2.26. The van der Waals surface area contributed by atoms with Gasteiger partial charge in [-0.1, -0.05) is 60.1 Å². The number of hydrogen-bond donors (Lipinski definition) is 1. The molecule has 0 bridgehead atoms. The summed E-state index contributed by atoms with van der Waals surface area (Å²) >= 11 is 6.20. The summed E-state index contributed by atoms with van der Waals surface area (Å²) < 4.78 is 0. The van der Waals surface area contributed by atoms with E-state index in [1.807, 2.05) is 60.7 Å². The number of carbonyl (C=O) groups is 1. The molecule has 1 N–H and O–H groups in total. The lowest BCUT2D eigenvalue weighted by Gasteiger charge is -2.10. The van der Waals surface area contributed by atoms with E-state index in [-0.39, 0.29) is 5.91 Å². The zero-order chi connectivity index (χ0) is 13.9. The van der Waals surface area contributed by atoms with E-state index in [0.29, 0.717) is 10.6 Å². The van der Waals surface area contributed by atoms with Crippen molar-refractivity contribution in [3.05, 3.63) is 77.3 Å². The number of rotatable bonds is 2. The number of anilines is 1. The largest absolute Gasteiger partial charge is 0.322 e. The maximum Gasteiger partial charge on any atom is 0.257 e. The summed E-state index contributed by atoms with van der Waals surface area (Å²) in [5.74, 6) is -0.196. The second-order valence-electron chi connectivity index (χ2n) is 4.46. The smallest absolute Gasteiger partial charge is 0.257 e. The van der Waals surface area contributed by atoms with Gasteiger partial charge in [0.15, 0.2) is 0 Å². The van der Waals surface area contributed by atoms with E-state index in [4.69, 9.17) is 11.6 Å². The second kappa shape index (κ2) is 5.35. The van der Waals surface area contributed by atoms with Crippen LogP contribution < -0.4 is 5.32 Å². The van der Waals surface area contributed by atoms with Gasteiger partial charge in [-0.2, -0.15) is 0 Å². The quantitative estimate of drug-likeness (QED) is 0.722. The lowest BCUT2D eigenvalue weighted by molar-refractivity contribution is 0.102. The standard InChI is InChI=1S/C17H12ClNO/c18-15-11-10-12-6-4-5-9-14(12)16(15)17(20)19-13-7-2-1-3-8-13/h1-11H,(H,19,20). The van der Waals surface area contributed by atoms with Crippen LogP contribution in [-0.4, -0.2) is 5.91 Å². The summed E-state index contributed by atoms with van der Waals surface area (Å²) in [4.78, 5) is 12.5. The van der Waals surface area contributed by atoms with E-state index in [1.165, 1.54) is 0 Å². The monoisotopic (exact) mass is 281 g/mol. The second-order valence-corrected chi connectivity index (χ2v) is 4.87. The highest BCUT2D eigenvalue weighted by molar-refractivity contribution is 6.36. The molecule has 3 rings (SSSR count). The van der Waals surface area contributed by atoms with Crippen molar-refractivity contribution in [1.29, 1.82) is 0 Å². The Morgan fingerprint density at radius 2 is 1.55 bits per heavy atom. The van der Waals surface area contributed by atoms with Crippen molar-refractivity contribution in [2.45, 2.75) is 0 Å². The summed E-state index contributed by atoms with van der Waals surface area (Å²) in [6, 6.07) is 20.7. The molecule has 0 aliphatic carbocycles. The first-order valence-corrected chi connectivity index (χ1v) is 6.67. The van der Waals surface area contributed by atoms with E-state index in [9.17, 15) is 4.79 Å². The molecule has 0 fully saturated rings. The van der Waals surface area contributed by atoms with Crippen LogP contribution in [0.2, 0.25) is 5.02 Å². The minimum atomic E-state index is -0.196. The number of nitrogens with one attached hydrogen (secondary N) is 1. The minimum absolute atomic E-state index is 0.196. The average Bonchev–Trinajstić information content (AvgIpc) is 2.48. The number of benzene rings is 3. The number of hydrogen-bond acceptors (Lipinski definition) is 1. The lowest BCUT2D eigenvalue weighted by atomic mass is 10.0. The first-order valence-electron chi connectivity index (χ1n) is 6.29. The molecule has 3 aromatic carbocycles. The predicted octanol–water partition coefficient (Wildman–Crippen LogP) is 4.75. The van der Waals surface area contributed by atoms with E-state index < -0.39 is 0 Å². The molecule has 0 saturated heterocycles. The Bertz CT molecular complexity index is 768. The van der Waals surface area contributed by atoms with Gasteiger partial charge in [-0.25, -0.2) is 0 Å². The number of para-hydroxylation sites is 1. The Kier molecular flexibility index (Phi) is 3.40. The van der Waals surface area contributed by atoms with E-state index in [1.54, 1.807) is 6.07 Å². The van der Waals surface area contributed by atoms with Gasteiger partial charge in [0.1, 0.15) is 0 Å². The van der Waals surface area contributed by atoms with Crippen LogP contribution in [0.15, 0.2) is 66.7 Å². The van der Waals surface area contributed by atoms with Crippen molar-refractivity contribution in [1.82, 2.24) is 0 Å². The number of fused-ring (bicyclic) bond motifs is 1. The summed E-state index contributed by atoms with van der Waals surface area (Å²) in [6.07, 6.45) is 0. The average molecular weight is 282 g/mol. The van der Waals surface area contributed by atoms with E-state index in [2.05, 4.69) is 5.32 Å². The minimum Gasteiger partial charge on any atom is -0.322 e. The van der Waals surface area contributed by atoms with Gasteiger partial charge in [-0.3, -0.25) is 4.79 Å². The normalized spacial score (nSPS) is 10.4. The topological polar surface area (TPSA) is 29.1 Å². The molecule has 0 aliphatic heterocycles. The van der Waals surface area contributed by atoms with Crippen LogP contribution in [-0.2, 0) is 0 Å². The Labute approximate surface area is 122 Å². The summed E-state index contributed by atoms with van der Waals surface area (Å²) in [5.41, 5.74) is 1.26. The molecular weight excluding hydrogens is 270 g/mol. The highest BCUT2D eigenvalue weighted by Gasteiger charge is 2.14. The fourth-order valence-electron chi connectivity index (χ4n) is 2.19. The van der Waals surface area contributed by atoms with Crippen LogP contribution >= 0.6 is 11.6 Å². The Balaban J connectivity index is 2.05. The van der Waals surface area contributed by atoms with Gasteiger partial charge in [0, 0.05) is 5.69 Å². The van der Waals surface area contributed by atoms with Crippen molar-refractivity contribution in [3.63, 3.8) is 0 Å². The molecule has 0 spiro atoms. The molecule has 0 atom stereocenters. The first kappa shape index (κ1) is 12.7. The summed E-state index contributed by atoms with van der Waals surface area (Å²) in [7, 11) is 0. The van der Waals surface area contributed by atoms with Gasteiger partial charge in [0.2, 0.25) is 0 Å². The Hall–Kier alpha value is -2.32. The highest BCUT2D eigenvalue weighted by atomic mass is 35.5. The van der Waals surface area contributed by atoms with Crippen molar-refractivity contribution in [3.8, 4) is 0 Å². The Morgan fingerprint density at radius 3 is 2.35 bits per heavy atom. The van der Waals surface area contributed by atoms with Gasteiger partial charge < -0.3 is 5.32 Å². The van der Waals surface area contributed by atoms with Crippen LogP contribution in [0.25, 0.3) is 10.8 Å². The third kappa shape index (κ3) is 2.38. The zero-order valence-corrected chi connectivity index (χ0v) is 11.4. The molecule has 0 aliphatic rings. The van der Waals surface area contributed by atoms with Crippen LogP contribution in [0.1, 0.15) is 10.4 Å². The van der Waals surface area contributed by atoms with Gasteiger partial charge in [-0.05, 0) is 29.0 Å². The molecule has 20 heavy (non-hydrogen) atoms. The van der Waals surface area contributed by atoms with E-state index >= 15 is 0 Å². The first-order chi connectivity index (χ1) is 9.75. The van der Waals surface area contributed by atoms with Crippen LogP contribution in [0.3, 0.4) is 0 Å². The molecule has 2 nitrogen and oxygen atoms in total. The van der Waals surface area contributed by atoms with Crippen molar-refractivity contribution >= 4 is 34.0 Å². The van der Waals surface area contributed by atoms with Crippen molar-refractivity contribution in [2.75, 3.05) is 5.32 Å². The summed E-state index contributed by atoms with van der Waals surface area (Å²) in [5, 5.41) is 5.17. The van der Waals surface area contributed by atoms with Gasteiger partial charge in [-0.15, -0.1) is 0 Å². The number of carbonyl (C=O) groups excluding carboxylic acids is 1. The van der Waals surface area contributed by atoms with Crippen LogP contribution in [0.4, 0.5) is 5.69 Å². The molecule has 0 aromatic heterocycles. The van der Waals surface area contributed by atoms with Gasteiger partial charge in [0.25, 0.3) is 5.91 Å². The summed E-state index contributed by atoms with van der Waals surface area (Å²) in [6.45, 7) is 0. The Morgan fingerprint density at radius 1 is 0.850 bits per heavy atom. The molecule has 0 unspecified atom stereocenters. The fraction of sp³-hybridized carbons (Fsp3) is 0. The van der Waals surface area contributed by atoms with Crippen molar-refractivity contribution < 1.29 is 4.79 Å². The third-order valence-corrected chi connectivity index (χ3v) is 3.45. The fourth-order valence-corrected chi connectivity index (χ4v) is 2.44. The van der Waals surface area contributed by atoms with Crippen LogP contribution in [0, 0.1) is 0 Å². The molecule has 0 radical (unpaired) electrons. The number of amides is 1. The lowest BCUT2D eigenvalue weighted by Crippen LogP contribution is -2.12. The molecule has 3 heteroatoms. The van der Waals surface area contributed by atoms with Gasteiger partial charge >= 0.3 is 0 Å². The molecule has 3 aromatic rings. The van der Waals surface area contributed by atoms with Crippen LogP contribution in [0.5, 0.6) is 0 Å². The van der Waals surface area contributed by atoms with Gasteiger partial charge in [0.05, 0.1) is 10.6 Å². The number of halogens is 1. The molecule has 0 heterocycles. The molecule has 98 valence electrons. The predicted molar refractivity (Wildman–Crippen MR) is 83.4 cm³/mol. The zero-order valence-electron chi connectivity index (χ0n) is 10.6. The molecular formula is C17H12ClNO. The SMILES string of the molecule is O=C(Nc1ccccc1)c1c(Cl)ccc2ccccc12. The van der Waals surface area contributed by atoms with E-state index in [0.717, 1.165) is 16.5 Å². The molecule has 1 amide bonds. The maximum atomic E-state index is 12.5. The maximum absolute atomic E-state index is 12.5. The third-order valence-electron chi connectivity index (χ3n) is 3.14. The van der Waals surface area contributed by atoms with Crippen molar-refractivity contribution in [2.24, 2.45) is 0 Å². The molecule has 0 saturated carbocycles.